The van der Waals surface area contributed by atoms with Gasteiger partial charge in [-0.05, 0) is 31.9 Å². The fourth-order valence-electron chi connectivity index (χ4n) is 1.27. The van der Waals surface area contributed by atoms with Gasteiger partial charge in [-0.15, -0.1) is 0 Å². The standard InChI is InChI=1S/C12H17NO/c1-4-9(2)8-12(14)11-7-5-6-10(3)13-11/h5-7,12,14H,2,4,8H2,1,3H3. The van der Waals surface area contributed by atoms with Crippen molar-refractivity contribution < 1.29 is 5.11 Å². The fraction of sp³-hybridized carbons (Fsp3) is 0.417. The number of aryl methyl sites for hydroxylation is 1. The highest BCUT2D eigenvalue weighted by Gasteiger charge is 2.09. The summed E-state index contributed by atoms with van der Waals surface area (Å²) in [5.41, 5.74) is 2.73. The first-order valence-electron chi connectivity index (χ1n) is 4.91. The van der Waals surface area contributed by atoms with Crippen molar-refractivity contribution in [3.05, 3.63) is 41.7 Å². The molecule has 1 aromatic rings. The molecule has 0 fully saturated rings. The second kappa shape index (κ2) is 4.91. The zero-order chi connectivity index (χ0) is 10.6. The minimum Gasteiger partial charge on any atom is -0.386 e. The average Bonchev–Trinajstić information content (AvgIpc) is 2.17. The third kappa shape index (κ3) is 2.96. The summed E-state index contributed by atoms with van der Waals surface area (Å²) in [4.78, 5) is 4.27. The van der Waals surface area contributed by atoms with Crippen LogP contribution in [-0.4, -0.2) is 10.1 Å². The second-order valence-electron chi connectivity index (χ2n) is 3.53. The van der Waals surface area contributed by atoms with Crippen molar-refractivity contribution in [2.75, 3.05) is 0 Å². The van der Waals surface area contributed by atoms with E-state index in [4.69, 9.17) is 0 Å². The van der Waals surface area contributed by atoms with Gasteiger partial charge in [0.05, 0.1) is 11.8 Å². The monoisotopic (exact) mass is 191 g/mol. The van der Waals surface area contributed by atoms with Crippen LogP contribution >= 0.6 is 0 Å². The van der Waals surface area contributed by atoms with Gasteiger partial charge in [-0.1, -0.05) is 25.1 Å². The molecule has 1 atom stereocenters. The molecule has 0 spiro atoms. The predicted octanol–water partition coefficient (Wildman–Crippen LogP) is 2.78. The van der Waals surface area contributed by atoms with Crippen molar-refractivity contribution in [1.82, 2.24) is 4.98 Å². The smallest absolute Gasteiger partial charge is 0.0996 e. The van der Waals surface area contributed by atoms with Crippen LogP contribution in [0.2, 0.25) is 0 Å². The Labute approximate surface area is 85.3 Å². The molecule has 0 saturated heterocycles. The molecule has 1 rings (SSSR count). The summed E-state index contributed by atoms with van der Waals surface area (Å²) in [6.07, 6.45) is 0.998. The van der Waals surface area contributed by atoms with E-state index in [2.05, 4.69) is 11.6 Å². The van der Waals surface area contributed by atoms with Crippen LogP contribution < -0.4 is 0 Å². The van der Waals surface area contributed by atoms with Gasteiger partial charge in [-0.25, -0.2) is 0 Å². The van der Waals surface area contributed by atoms with Crippen molar-refractivity contribution in [1.29, 1.82) is 0 Å². The third-order valence-corrected chi connectivity index (χ3v) is 2.23. The van der Waals surface area contributed by atoms with Crippen LogP contribution in [0, 0.1) is 6.92 Å². The average molecular weight is 191 g/mol. The first kappa shape index (κ1) is 10.9. The fourth-order valence-corrected chi connectivity index (χ4v) is 1.27. The van der Waals surface area contributed by atoms with E-state index in [-0.39, 0.29) is 0 Å². The van der Waals surface area contributed by atoms with E-state index in [9.17, 15) is 5.11 Å². The molecule has 1 heterocycles. The highest BCUT2D eigenvalue weighted by molar-refractivity contribution is 5.14. The van der Waals surface area contributed by atoms with Gasteiger partial charge in [0.25, 0.3) is 0 Å². The molecule has 76 valence electrons. The lowest BCUT2D eigenvalue weighted by Gasteiger charge is -2.11. The zero-order valence-electron chi connectivity index (χ0n) is 8.83. The van der Waals surface area contributed by atoms with E-state index >= 15 is 0 Å². The van der Waals surface area contributed by atoms with Crippen LogP contribution in [0.5, 0.6) is 0 Å². The number of hydrogen-bond acceptors (Lipinski definition) is 2. The molecule has 1 unspecified atom stereocenters. The Bertz CT molecular complexity index is 320. The molecule has 0 aliphatic rings. The van der Waals surface area contributed by atoms with Gasteiger partial charge in [-0.3, -0.25) is 4.98 Å². The zero-order valence-corrected chi connectivity index (χ0v) is 8.83. The van der Waals surface area contributed by atoms with Crippen LogP contribution in [-0.2, 0) is 0 Å². The molecular formula is C12H17NO. The maximum Gasteiger partial charge on any atom is 0.0996 e. The van der Waals surface area contributed by atoms with Gasteiger partial charge in [-0.2, -0.15) is 0 Å². The van der Waals surface area contributed by atoms with E-state index in [1.165, 1.54) is 0 Å². The highest BCUT2D eigenvalue weighted by atomic mass is 16.3. The van der Waals surface area contributed by atoms with Gasteiger partial charge in [0, 0.05) is 5.69 Å². The third-order valence-electron chi connectivity index (χ3n) is 2.23. The molecule has 0 saturated carbocycles. The Hall–Kier alpha value is -1.15. The molecule has 0 bridgehead atoms. The highest BCUT2D eigenvalue weighted by Crippen LogP contribution is 2.19. The summed E-state index contributed by atoms with van der Waals surface area (Å²) < 4.78 is 0. The number of pyridine rings is 1. The van der Waals surface area contributed by atoms with Crippen molar-refractivity contribution in [2.45, 2.75) is 32.8 Å². The Balaban J connectivity index is 2.69. The summed E-state index contributed by atoms with van der Waals surface area (Å²) in [6.45, 7) is 7.84. The number of aliphatic hydroxyl groups excluding tert-OH is 1. The summed E-state index contributed by atoms with van der Waals surface area (Å²) in [5.74, 6) is 0. The SMILES string of the molecule is C=C(CC)CC(O)c1cccc(C)n1. The lowest BCUT2D eigenvalue weighted by atomic mass is 10.0. The minimum absolute atomic E-state index is 0.512. The Morgan fingerprint density at radius 1 is 1.57 bits per heavy atom. The maximum absolute atomic E-state index is 9.82. The first-order valence-corrected chi connectivity index (χ1v) is 4.91. The van der Waals surface area contributed by atoms with Crippen LogP contribution in [0.25, 0.3) is 0 Å². The Morgan fingerprint density at radius 2 is 2.29 bits per heavy atom. The maximum atomic E-state index is 9.82. The molecule has 0 aliphatic carbocycles. The number of aromatic nitrogens is 1. The van der Waals surface area contributed by atoms with E-state index in [1.807, 2.05) is 32.0 Å². The largest absolute Gasteiger partial charge is 0.386 e. The van der Waals surface area contributed by atoms with Crippen molar-refractivity contribution in [2.24, 2.45) is 0 Å². The summed E-state index contributed by atoms with van der Waals surface area (Å²) in [5, 5.41) is 9.82. The van der Waals surface area contributed by atoms with E-state index < -0.39 is 6.10 Å². The van der Waals surface area contributed by atoms with E-state index in [0.717, 1.165) is 23.4 Å². The number of aliphatic hydroxyl groups is 1. The first-order chi connectivity index (χ1) is 6.63. The molecule has 0 radical (unpaired) electrons. The number of rotatable bonds is 4. The quantitative estimate of drug-likeness (QED) is 0.742. The van der Waals surface area contributed by atoms with E-state index in [1.54, 1.807) is 0 Å². The van der Waals surface area contributed by atoms with Crippen molar-refractivity contribution in [3.8, 4) is 0 Å². The molecule has 2 heteroatoms. The number of nitrogens with zero attached hydrogens (tertiary/aromatic N) is 1. The van der Waals surface area contributed by atoms with Crippen LogP contribution in [0.1, 0.15) is 37.3 Å². The van der Waals surface area contributed by atoms with E-state index in [0.29, 0.717) is 6.42 Å². The molecule has 1 N–H and O–H groups in total. The van der Waals surface area contributed by atoms with Gasteiger partial charge in [0.15, 0.2) is 0 Å². The van der Waals surface area contributed by atoms with Crippen molar-refractivity contribution in [3.63, 3.8) is 0 Å². The minimum atomic E-state index is -0.512. The molecule has 0 aromatic carbocycles. The molecule has 1 aromatic heterocycles. The van der Waals surface area contributed by atoms with Gasteiger partial charge >= 0.3 is 0 Å². The lowest BCUT2D eigenvalue weighted by molar-refractivity contribution is 0.172. The Morgan fingerprint density at radius 3 is 2.86 bits per heavy atom. The molecule has 14 heavy (non-hydrogen) atoms. The molecular weight excluding hydrogens is 174 g/mol. The summed E-state index contributed by atoms with van der Waals surface area (Å²) in [6, 6.07) is 5.68. The number of hydrogen-bond donors (Lipinski definition) is 1. The molecule has 2 nitrogen and oxygen atoms in total. The Kier molecular flexibility index (Phi) is 3.84. The topological polar surface area (TPSA) is 33.1 Å². The van der Waals surface area contributed by atoms with Gasteiger partial charge in [0.2, 0.25) is 0 Å². The van der Waals surface area contributed by atoms with Gasteiger partial charge < -0.3 is 5.11 Å². The molecule has 0 amide bonds. The van der Waals surface area contributed by atoms with Gasteiger partial charge in [0.1, 0.15) is 0 Å². The molecule has 0 aliphatic heterocycles. The summed E-state index contributed by atoms with van der Waals surface area (Å²) >= 11 is 0. The van der Waals surface area contributed by atoms with Crippen molar-refractivity contribution >= 4 is 0 Å². The summed E-state index contributed by atoms with van der Waals surface area (Å²) in [7, 11) is 0. The van der Waals surface area contributed by atoms with Crippen LogP contribution in [0.3, 0.4) is 0 Å². The predicted molar refractivity (Wildman–Crippen MR) is 58.0 cm³/mol. The van der Waals surface area contributed by atoms with Crippen LogP contribution in [0.15, 0.2) is 30.4 Å². The normalized spacial score (nSPS) is 12.5. The lowest BCUT2D eigenvalue weighted by Crippen LogP contribution is -2.02. The van der Waals surface area contributed by atoms with Crippen LogP contribution in [0.4, 0.5) is 0 Å². The second-order valence-corrected chi connectivity index (χ2v) is 3.53.